The molecule has 0 radical (unpaired) electrons. The van der Waals surface area contributed by atoms with Crippen molar-refractivity contribution in [1.82, 2.24) is 10.2 Å². The molecule has 0 saturated carbocycles. The molecule has 14 heteroatoms. The Hall–Kier alpha value is -3.56. The maximum Gasteiger partial charge on any atom is 0.275 e. The number of hydrogen-bond acceptors (Lipinski definition) is 7. The quantitative estimate of drug-likeness (QED) is 0.137. The van der Waals surface area contributed by atoms with Crippen molar-refractivity contribution in [2.75, 3.05) is 77.3 Å². The number of aliphatic hydroxyl groups excluding tert-OH is 1. The van der Waals surface area contributed by atoms with Crippen LogP contribution in [0.5, 0.6) is 0 Å². The van der Waals surface area contributed by atoms with Crippen LogP contribution in [0.1, 0.15) is 25.8 Å². The summed E-state index contributed by atoms with van der Waals surface area (Å²) in [4.78, 5) is 39.0. The van der Waals surface area contributed by atoms with Crippen LogP contribution in [0.3, 0.4) is 0 Å². The Morgan fingerprint density at radius 2 is 1.81 bits per heavy atom. The van der Waals surface area contributed by atoms with E-state index in [1.54, 1.807) is 19.1 Å². The summed E-state index contributed by atoms with van der Waals surface area (Å²) in [7, 11) is 0.364. The lowest BCUT2D eigenvalue weighted by molar-refractivity contribution is -1.01. The number of carbonyl (C=O) groups excluding carboxylic acids is 3. The van der Waals surface area contributed by atoms with E-state index in [0.717, 1.165) is 72.4 Å². The van der Waals surface area contributed by atoms with Gasteiger partial charge in [-0.15, -0.1) is 0 Å². The van der Waals surface area contributed by atoms with Crippen LogP contribution in [0.4, 0.5) is 5.69 Å². The number of hydrogen-bond donors (Lipinski definition) is 3. The number of benzene rings is 2. The number of piperazine rings is 1. The van der Waals surface area contributed by atoms with Crippen molar-refractivity contribution in [2.24, 2.45) is 11.8 Å². The number of nitrogens with zero attached hydrogens (tertiary/aromatic N) is 4. The number of likely N-dealkylation sites (N-methyl/N-ethyl adjacent to an activating group) is 2. The van der Waals surface area contributed by atoms with Gasteiger partial charge in [0.05, 0.1) is 74.0 Å². The lowest BCUT2D eigenvalue weighted by Crippen LogP contribution is -2.66. The van der Waals surface area contributed by atoms with Gasteiger partial charge in [0.25, 0.3) is 15.9 Å². The number of rotatable bonds is 12. The molecule has 0 aromatic heterocycles. The zero-order valence-electron chi connectivity index (χ0n) is 28.3. The number of fused-ring (bicyclic) bond motifs is 1. The zero-order valence-corrected chi connectivity index (χ0v) is 29.1. The second-order valence-corrected chi connectivity index (χ2v) is 16.5. The van der Waals surface area contributed by atoms with Crippen LogP contribution in [0.25, 0.3) is 10.8 Å². The summed E-state index contributed by atoms with van der Waals surface area (Å²) in [5, 5.41) is 27.0. The summed E-state index contributed by atoms with van der Waals surface area (Å²) in [6, 6.07) is 8.48. The van der Waals surface area contributed by atoms with E-state index in [1.165, 1.54) is 11.2 Å². The molecule has 4 aliphatic rings. The van der Waals surface area contributed by atoms with Crippen molar-refractivity contribution in [1.29, 1.82) is 0 Å². The zero-order chi connectivity index (χ0) is 34.8. The maximum atomic E-state index is 14.0. The fourth-order valence-electron chi connectivity index (χ4n) is 8.19. The summed E-state index contributed by atoms with van der Waals surface area (Å²) in [6.07, 6.45) is 0.648. The number of nitrogens with one attached hydrogen (secondary N) is 1. The first-order chi connectivity index (χ1) is 22.6. The van der Waals surface area contributed by atoms with Gasteiger partial charge in [-0.25, -0.2) is 8.42 Å². The predicted molar refractivity (Wildman–Crippen MR) is 176 cm³/mol. The van der Waals surface area contributed by atoms with Crippen LogP contribution in [0.2, 0.25) is 0 Å². The highest BCUT2D eigenvalue weighted by Crippen LogP contribution is 2.49. The monoisotopic (exact) mass is 684 g/mol. The Morgan fingerprint density at radius 3 is 2.46 bits per heavy atom. The van der Waals surface area contributed by atoms with Crippen molar-refractivity contribution in [3.05, 3.63) is 47.2 Å². The van der Waals surface area contributed by atoms with E-state index < -0.39 is 45.9 Å². The van der Waals surface area contributed by atoms with Crippen molar-refractivity contribution < 1.29 is 47.7 Å². The van der Waals surface area contributed by atoms with Crippen LogP contribution < -0.4 is 20.5 Å². The first-order valence-corrected chi connectivity index (χ1v) is 18.3. The number of carboxylic acids is 1. The van der Waals surface area contributed by atoms with Crippen LogP contribution in [-0.4, -0.2) is 130 Å². The van der Waals surface area contributed by atoms with Gasteiger partial charge >= 0.3 is 0 Å². The number of aliphatic hydroxyl groups is 1. The number of amides is 2. The lowest BCUT2D eigenvalue weighted by atomic mass is 9.78. The Bertz CT molecular complexity index is 1800. The fourth-order valence-corrected chi connectivity index (χ4v) is 9.86. The molecule has 2 saturated heterocycles. The van der Waals surface area contributed by atoms with Crippen LogP contribution >= 0.6 is 0 Å². The van der Waals surface area contributed by atoms with Gasteiger partial charge in [0, 0.05) is 30.7 Å². The largest absolute Gasteiger partial charge is 0.543 e. The van der Waals surface area contributed by atoms with Crippen LogP contribution in [-0.2, 0) is 30.8 Å². The van der Waals surface area contributed by atoms with Crippen molar-refractivity contribution in [2.45, 2.75) is 43.7 Å². The lowest BCUT2D eigenvalue weighted by Gasteiger charge is -2.47. The number of sulfonamides is 1. The second-order valence-electron chi connectivity index (χ2n) is 14.7. The molecule has 2 aromatic carbocycles. The van der Waals surface area contributed by atoms with Crippen molar-refractivity contribution in [3.63, 3.8) is 0 Å². The number of quaternary nitrogens is 3. The minimum absolute atomic E-state index is 0.0794. The molecule has 6 rings (SSSR count). The van der Waals surface area contributed by atoms with Gasteiger partial charge in [0.15, 0.2) is 6.54 Å². The average Bonchev–Trinajstić information content (AvgIpc) is 3.40. The van der Waals surface area contributed by atoms with Gasteiger partial charge in [-0.05, 0) is 35.6 Å². The van der Waals surface area contributed by atoms with Gasteiger partial charge in [-0.1, -0.05) is 25.1 Å². The van der Waals surface area contributed by atoms with Gasteiger partial charge in [0.1, 0.15) is 26.2 Å². The fraction of sp³-hybridized carbons (Fsp3) is 0.559. The van der Waals surface area contributed by atoms with Crippen molar-refractivity contribution >= 4 is 44.3 Å². The minimum atomic E-state index is -4.02. The maximum absolute atomic E-state index is 14.0. The van der Waals surface area contributed by atoms with E-state index >= 15 is 0 Å². The third-order valence-corrected chi connectivity index (χ3v) is 13.1. The van der Waals surface area contributed by atoms with Gasteiger partial charge in [-0.3, -0.25) is 13.9 Å². The normalized spacial score (nSPS) is 29.6. The van der Waals surface area contributed by atoms with E-state index in [0.29, 0.717) is 34.2 Å². The smallest absolute Gasteiger partial charge is 0.275 e. The predicted octanol–water partition coefficient (Wildman–Crippen LogP) is -1.59. The van der Waals surface area contributed by atoms with E-state index in [-0.39, 0.29) is 23.0 Å². The van der Waals surface area contributed by atoms with Crippen LogP contribution in [0, 0.1) is 11.8 Å². The van der Waals surface area contributed by atoms with E-state index in [4.69, 9.17) is 0 Å². The Kier molecular flexibility index (Phi) is 8.86. The molecule has 5 N–H and O–H groups in total. The molecule has 0 aliphatic carbocycles. The third kappa shape index (κ3) is 5.66. The molecule has 2 aromatic rings. The molecule has 13 nitrogen and oxygen atoms in total. The molecular weight excluding hydrogens is 636 g/mol. The number of carboxylic acid groups (broad SMARTS) is 1. The standard InChI is InChI=1S/C34H46N6O7S/c1-21-25(32(34(44)45)38-31(21)29(22(2)41)33(38)43)19-37-26-8-5-7-24-23(9-10-27(30(24)26)48(37,46)47)11-14-39(3)15-17-40(4,18-16-39)20-28(42)36-13-6-12-35/h5,7-10,21-22,29,31,41H,6,11-20,35H2,1-4H3/p+2/t21-,22+,29+,31+,39?,40?/m0/s1. The highest BCUT2D eigenvalue weighted by molar-refractivity contribution is 7.93. The highest BCUT2D eigenvalue weighted by Gasteiger charge is 2.59. The van der Waals surface area contributed by atoms with Gasteiger partial charge in [-0.2, -0.15) is 0 Å². The summed E-state index contributed by atoms with van der Waals surface area (Å²) < 4.78 is 30.8. The number of β-lactam (4-membered cyclic amide) rings is 1. The molecule has 260 valence electrons. The van der Waals surface area contributed by atoms with E-state index in [9.17, 15) is 33.0 Å². The first kappa shape index (κ1) is 34.3. The highest BCUT2D eigenvalue weighted by atomic mass is 32.2. The van der Waals surface area contributed by atoms with Crippen LogP contribution in [0.15, 0.2) is 46.5 Å². The molecule has 0 bridgehead atoms. The summed E-state index contributed by atoms with van der Waals surface area (Å²) in [5.41, 5.74) is 5.35. The van der Waals surface area contributed by atoms with E-state index in [2.05, 4.69) is 25.1 Å². The van der Waals surface area contributed by atoms with Gasteiger partial charge in [0.2, 0.25) is 5.91 Å². The molecule has 0 spiro atoms. The van der Waals surface area contributed by atoms with Crippen molar-refractivity contribution in [3.8, 4) is 0 Å². The topological polar surface area (TPSA) is 175 Å². The summed E-state index contributed by atoms with van der Waals surface area (Å²) >= 11 is 0. The molecule has 2 amide bonds. The average molecular weight is 685 g/mol. The molecule has 4 heterocycles. The molecule has 0 unspecified atom stereocenters. The third-order valence-electron chi connectivity index (χ3n) is 11.3. The minimum Gasteiger partial charge on any atom is -0.543 e. The molecule has 4 atom stereocenters. The molecular formula is C34H48N6O7S+2. The van der Waals surface area contributed by atoms with E-state index in [1.807, 2.05) is 18.2 Å². The first-order valence-electron chi connectivity index (χ1n) is 16.9. The molecule has 2 fully saturated rings. The second kappa shape index (κ2) is 12.4. The number of anilines is 1. The Morgan fingerprint density at radius 1 is 1.12 bits per heavy atom. The Balaban J connectivity index is 1.21. The SMILES string of the molecule is C[C@@H](O)[C@H]1C(=O)N2C(C(=O)[O-])=C(CN3c4cccc5c(CC[N+]6(C)CC[N+](C)(CC(=O)NCCC[NH3+])CC6)ccc(c45)S3(=O)=O)[C@H](C)[C@H]12. The molecule has 4 aliphatic heterocycles. The summed E-state index contributed by atoms with van der Waals surface area (Å²) in [6.45, 7) is 9.45. The molecule has 48 heavy (non-hydrogen) atoms. The number of carbonyl (C=O) groups is 3. The number of aliphatic carboxylic acids is 1. The summed E-state index contributed by atoms with van der Waals surface area (Å²) in [5.74, 6) is -3.18. The Labute approximate surface area is 281 Å². The van der Waals surface area contributed by atoms with Gasteiger partial charge < -0.3 is 39.9 Å².